The molecular formula is C17H11NO. The van der Waals surface area contributed by atoms with E-state index in [1.54, 1.807) is 18.2 Å². The Labute approximate surface area is 111 Å². The number of phenols is 1. The van der Waals surface area contributed by atoms with E-state index in [-0.39, 0.29) is 5.75 Å². The van der Waals surface area contributed by atoms with Gasteiger partial charge in [-0.1, -0.05) is 36.4 Å². The number of rotatable bonds is 1. The van der Waals surface area contributed by atoms with Crippen LogP contribution < -0.4 is 0 Å². The predicted molar refractivity (Wildman–Crippen MR) is 75.8 cm³/mol. The average Bonchev–Trinajstić information content (AvgIpc) is 2.46. The summed E-state index contributed by atoms with van der Waals surface area (Å²) in [4.78, 5) is 0. The number of phenolic OH excluding ortho intramolecular Hbond substituents is 1. The molecule has 0 fully saturated rings. The first-order chi connectivity index (χ1) is 9.28. The standard InChI is InChI=1S/C17H11NO/c18-11-12-8-13-4-1-2-7-16(13)17(9-12)14-5-3-6-15(19)10-14/h1-10,19H. The van der Waals surface area contributed by atoms with Crippen LogP contribution in [0.2, 0.25) is 0 Å². The number of hydrogen-bond acceptors (Lipinski definition) is 2. The van der Waals surface area contributed by atoms with Crippen LogP contribution in [0.25, 0.3) is 21.9 Å². The van der Waals surface area contributed by atoms with Gasteiger partial charge in [0.25, 0.3) is 0 Å². The van der Waals surface area contributed by atoms with E-state index >= 15 is 0 Å². The average molecular weight is 245 g/mol. The Kier molecular flexibility index (Phi) is 2.66. The molecule has 3 aromatic rings. The molecule has 0 saturated carbocycles. The molecule has 2 nitrogen and oxygen atoms in total. The molecule has 0 heterocycles. The van der Waals surface area contributed by atoms with Gasteiger partial charge in [-0.2, -0.15) is 5.26 Å². The summed E-state index contributed by atoms with van der Waals surface area (Å²) in [6.07, 6.45) is 0. The van der Waals surface area contributed by atoms with Crippen LogP contribution >= 0.6 is 0 Å². The van der Waals surface area contributed by atoms with Crippen molar-refractivity contribution in [2.75, 3.05) is 0 Å². The first-order valence-electron chi connectivity index (χ1n) is 6.00. The minimum absolute atomic E-state index is 0.226. The minimum atomic E-state index is 0.226. The van der Waals surface area contributed by atoms with Crippen LogP contribution in [-0.4, -0.2) is 5.11 Å². The molecule has 0 saturated heterocycles. The maximum atomic E-state index is 9.61. The van der Waals surface area contributed by atoms with E-state index in [2.05, 4.69) is 6.07 Å². The number of aromatic hydroxyl groups is 1. The van der Waals surface area contributed by atoms with Gasteiger partial charge in [-0.15, -0.1) is 0 Å². The van der Waals surface area contributed by atoms with Crippen molar-refractivity contribution < 1.29 is 5.11 Å². The molecule has 1 N–H and O–H groups in total. The molecule has 19 heavy (non-hydrogen) atoms. The van der Waals surface area contributed by atoms with E-state index in [9.17, 15) is 5.11 Å². The third kappa shape index (κ3) is 2.02. The number of nitrogens with zero attached hydrogens (tertiary/aromatic N) is 1. The second-order valence-corrected chi connectivity index (χ2v) is 4.41. The van der Waals surface area contributed by atoms with Crippen LogP contribution in [0.4, 0.5) is 0 Å². The SMILES string of the molecule is N#Cc1cc(-c2cccc(O)c2)c2ccccc2c1. The van der Waals surface area contributed by atoms with E-state index in [4.69, 9.17) is 5.26 Å². The number of benzene rings is 3. The largest absolute Gasteiger partial charge is 0.508 e. The van der Waals surface area contributed by atoms with E-state index in [1.807, 2.05) is 42.5 Å². The van der Waals surface area contributed by atoms with Crippen molar-refractivity contribution in [3.05, 3.63) is 66.2 Å². The molecule has 0 amide bonds. The topological polar surface area (TPSA) is 44.0 Å². The van der Waals surface area contributed by atoms with Crippen LogP contribution in [0, 0.1) is 11.3 Å². The summed E-state index contributed by atoms with van der Waals surface area (Å²) >= 11 is 0. The molecule has 2 heteroatoms. The van der Waals surface area contributed by atoms with E-state index in [0.717, 1.165) is 21.9 Å². The molecule has 3 rings (SSSR count). The number of fused-ring (bicyclic) bond motifs is 1. The van der Waals surface area contributed by atoms with E-state index in [0.29, 0.717) is 5.56 Å². The van der Waals surface area contributed by atoms with Crippen LogP contribution in [0.15, 0.2) is 60.7 Å². The minimum Gasteiger partial charge on any atom is -0.508 e. The lowest BCUT2D eigenvalue weighted by molar-refractivity contribution is 0.475. The molecule has 0 atom stereocenters. The van der Waals surface area contributed by atoms with Gasteiger partial charge >= 0.3 is 0 Å². The lowest BCUT2D eigenvalue weighted by Crippen LogP contribution is -1.84. The zero-order valence-electron chi connectivity index (χ0n) is 10.2. The molecule has 0 spiro atoms. The Morgan fingerprint density at radius 3 is 2.53 bits per heavy atom. The second kappa shape index (κ2) is 4.47. The summed E-state index contributed by atoms with van der Waals surface area (Å²) in [7, 11) is 0. The summed E-state index contributed by atoms with van der Waals surface area (Å²) < 4.78 is 0. The Hall–Kier alpha value is -2.79. The summed E-state index contributed by atoms with van der Waals surface area (Å²) in [5.41, 5.74) is 2.50. The summed E-state index contributed by atoms with van der Waals surface area (Å²) in [5, 5.41) is 20.8. The van der Waals surface area contributed by atoms with E-state index in [1.165, 1.54) is 0 Å². The Balaban J connectivity index is 2.36. The first-order valence-corrected chi connectivity index (χ1v) is 6.00. The van der Waals surface area contributed by atoms with Crippen molar-refractivity contribution in [3.63, 3.8) is 0 Å². The summed E-state index contributed by atoms with van der Waals surface area (Å²) in [6, 6.07) is 20.9. The van der Waals surface area contributed by atoms with Gasteiger partial charge in [0.15, 0.2) is 0 Å². The highest BCUT2D eigenvalue weighted by Gasteiger charge is 2.06. The maximum Gasteiger partial charge on any atom is 0.116 e. The highest BCUT2D eigenvalue weighted by atomic mass is 16.3. The van der Waals surface area contributed by atoms with Crippen LogP contribution in [-0.2, 0) is 0 Å². The van der Waals surface area contributed by atoms with Crippen molar-refractivity contribution in [1.29, 1.82) is 5.26 Å². The Morgan fingerprint density at radius 2 is 1.74 bits per heavy atom. The van der Waals surface area contributed by atoms with Gasteiger partial charge in [0.1, 0.15) is 5.75 Å². The third-order valence-electron chi connectivity index (χ3n) is 3.15. The van der Waals surface area contributed by atoms with Gasteiger partial charge in [0, 0.05) is 0 Å². The first kappa shape index (κ1) is 11.3. The second-order valence-electron chi connectivity index (χ2n) is 4.41. The summed E-state index contributed by atoms with van der Waals surface area (Å²) in [5.74, 6) is 0.226. The molecule has 0 bridgehead atoms. The van der Waals surface area contributed by atoms with Crippen molar-refractivity contribution >= 4 is 10.8 Å². The molecule has 90 valence electrons. The fourth-order valence-corrected chi connectivity index (χ4v) is 2.29. The normalized spacial score (nSPS) is 10.3. The van der Waals surface area contributed by atoms with Crippen molar-refractivity contribution in [3.8, 4) is 22.9 Å². The smallest absolute Gasteiger partial charge is 0.116 e. The van der Waals surface area contributed by atoms with Crippen LogP contribution in [0.3, 0.4) is 0 Å². The molecular weight excluding hydrogens is 234 g/mol. The Morgan fingerprint density at radius 1 is 0.895 bits per heavy atom. The van der Waals surface area contributed by atoms with Crippen molar-refractivity contribution in [2.45, 2.75) is 0 Å². The van der Waals surface area contributed by atoms with Crippen LogP contribution in [0.5, 0.6) is 5.75 Å². The Bertz CT molecular complexity index is 800. The molecule has 0 unspecified atom stereocenters. The molecule has 0 aliphatic heterocycles. The number of nitriles is 1. The van der Waals surface area contributed by atoms with Gasteiger partial charge in [-0.25, -0.2) is 0 Å². The van der Waals surface area contributed by atoms with Gasteiger partial charge in [0.2, 0.25) is 0 Å². The summed E-state index contributed by atoms with van der Waals surface area (Å²) in [6.45, 7) is 0. The van der Waals surface area contributed by atoms with Crippen molar-refractivity contribution in [2.24, 2.45) is 0 Å². The van der Waals surface area contributed by atoms with Crippen molar-refractivity contribution in [1.82, 2.24) is 0 Å². The van der Waals surface area contributed by atoms with Gasteiger partial charge in [-0.3, -0.25) is 0 Å². The van der Waals surface area contributed by atoms with E-state index < -0.39 is 0 Å². The molecule has 0 aliphatic carbocycles. The van der Waals surface area contributed by atoms with Gasteiger partial charge in [0.05, 0.1) is 11.6 Å². The fraction of sp³-hybridized carbons (Fsp3) is 0. The zero-order chi connectivity index (χ0) is 13.2. The molecule has 0 radical (unpaired) electrons. The maximum absolute atomic E-state index is 9.61. The zero-order valence-corrected chi connectivity index (χ0v) is 10.2. The molecule has 3 aromatic carbocycles. The highest BCUT2D eigenvalue weighted by Crippen LogP contribution is 2.31. The monoisotopic (exact) mass is 245 g/mol. The molecule has 0 aliphatic rings. The predicted octanol–water partition coefficient (Wildman–Crippen LogP) is 4.08. The van der Waals surface area contributed by atoms with Crippen LogP contribution in [0.1, 0.15) is 5.56 Å². The molecule has 0 aromatic heterocycles. The number of hydrogen-bond donors (Lipinski definition) is 1. The lowest BCUT2D eigenvalue weighted by Gasteiger charge is -2.08. The van der Waals surface area contributed by atoms with Gasteiger partial charge < -0.3 is 5.11 Å². The lowest BCUT2D eigenvalue weighted by atomic mass is 9.96. The quantitative estimate of drug-likeness (QED) is 0.701. The van der Waals surface area contributed by atoms with Gasteiger partial charge in [-0.05, 0) is 46.2 Å². The third-order valence-corrected chi connectivity index (χ3v) is 3.15. The highest BCUT2D eigenvalue weighted by molar-refractivity contribution is 5.97. The fourth-order valence-electron chi connectivity index (χ4n) is 2.29.